The largest absolute Gasteiger partial charge is 0.396 e. The number of hydrogen-bond acceptors (Lipinski definition) is 4. The van der Waals surface area contributed by atoms with Crippen LogP contribution in [0.4, 0.5) is 10.1 Å². The van der Waals surface area contributed by atoms with Crippen LogP contribution in [0.2, 0.25) is 5.02 Å². The molecular weight excluding hydrogens is 395 g/mol. The second kappa shape index (κ2) is 7.97. The first kappa shape index (κ1) is 19.6. The quantitative estimate of drug-likeness (QED) is 0.778. The van der Waals surface area contributed by atoms with Crippen molar-refractivity contribution < 1.29 is 19.1 Å². The summed E-state index contributed by atoms with van der Waals surface area (Å²) in [5, 5.41) is 9.88. The van der Waals surface area contributed by atoms with Gasteiger partial charge in [-0.2, -0.15) is 0 Å². The van der Waals surface area contributed by atoms with Crippen molar-refractivity contribution in [2.45, 2.75) is 12.8 Å². The molecular formula is C22H20ClFN2O3. The van der Waals surface area contributed by atoms with E-state index in [0.29, 0.717) is 29.4 Å². The fourth-order valence-electron chi connectivity index (χ4n) is 3.96. The van der Waals surface area contributed by atoms with E-state index in [0.717, 1.165) is 17.7 Å². The average molecular weight is 415 g/mol. The van der Waals surface area contributed by atoms with E-state index in [1.54, 1.807) is 24.3 Å². The Morgan fingerprint density at radius 3 is 2.48 bits per heavy atom. The second-order valence-electron chi connectivity index (χ2n) is 7.26. The summed E-state index contributed by atoms with van der Waals surface area (Å²) in [5.74, 6) is -1.34. The molecule has 2 aromatic rings. The van der Waals surface area contributed by atoms with E-state index in [4.69, 9.17) is 11.6 Å². The molecule has 1 unspecified atom stereocenters. The van der Waals surface area contributed by atoms with Crippen LogP contribution < -0.4 is 4.90 Å². The third-order valence-electron chi connectivity index (χ3n) is 5.38. The summed E-state index contributed by atoms with van der Waals surface area (Å²) < 4.78 is 13.5. The number of piperidine rings is 1. The van der Waals surface area contributed by atoms with Gasteiger partial charge in [0.2, 0.25) is 0 Å². The van der Waals surface area contributed by atoms with Gasteiger partial charge < -0.3 is 10.0 Å². The molecule has 2 amide bonds. The Kier molecular flexibility index (Phi) is 5.39. The molecule has 0 radical (unpaired) electrons. The monoisotopic (exact) mass is 414 g/mol. The van der Waals surface area contributed by atoms with Crippen molar-refractivity contribution in [3.8, 4) is 0 Å². The molecule has 0 saturated carbocycles. The fraction of sp³-hybridized carbons (Fsp3) is 0.273. The van der Waals surface area contributed by atoms with Crippen LogP contribution in [0.5, 0.6) is 0 Å². The highest BCUT2D eigenvalue weighted by Crippen LogP contribution is 2.38. The van der Waals surface area contributed by atoms with Crippen molar-refractivity contribution in [1.82, 2.24) is 4.90 Å². The van der Waals surface area contributed by atoms with Crippen LogP contribution in [-0.4, -0.2) is 41.5 Å². The maximum Gasteiger partial charge on any atom is 0.282 e. The molecule has 1 atom stereocenters. The molecule has 2 aliphatic heterocycles. The molecule has 7 heteroatoms. The molecule has 2 aliphatic rings. The number of anilines is 1. The minimum atomic E-state index is -0.490. The van der Waals surface area contributed by atoms with Crippen molar-refractivity contribution in [1.29, 1.82) is 0 Å². The van der Waals surface area contributed by atoms with E-state index in [2.05, 4.69) is 0 Å². The number of amides is 2. The number of nitrogens with zero attached hydrogens (tertiary/aromatic N) is 2. The van der Waals surface area contributed by atoms with Crippen LogP contribution in [0.15, 0.2) is 54.2 Å². The van der Waals surface area contributed by atoms with Crippen LogP contribution in [0.25, 0.3) is 5.57 Å². The van der Waals surface area contributed by atoms with E-state index in [-0.39, 0.29) is 23.8 Å². The number of imide groups is 1. The van der Waals surface area contributed by atoms with Gasteiger partial charge >= 0.3 is 0 Å². The highest BCUT2D eigenvalue weighted by atomic mass is 35.5. The molecule has 2 aromatic carbocycles. The zero-order valence-corrected chi connectivity index (χ0v) is 16.4. The summed E-state index contributed by atoms with van der Waals surface area (Å²) in [6, 6.07) is 12.2. The first-order valence-electron chi connectivity index (χ1n) is 9.50. The van der Waals surface area contributed by atoms with Gasteiger partial charge in [0.05, 0.1) is 16.3 Å². The highest BCUT2D eigenvalue weighted by Gasteiger charge is 2.43. The minimum Gasteiger partial charge on any atom is -0.396 e. The van der Waals surface area contributed by atoms with Gasteiger partial charge in [-0.25, -0.2) is 9.29 Å². The van der Waals surface area contributed by atoms with Crippen molar-refractivity contribution in [3.63, 3.8) is 0 Å². The molecule has 1 N–H and O–H groups in total. The lowest BCUT2D eigenvalue weighted by Gasteiger charge is -2.34. The van der Waals surface area contributed by atoms with E-state index in [1.165, 1.54) is 24.3 Å². The van der Waals surface area contributed by atoms with Gasteiger partial charge in [-0.15, -0.1) is 0 Å². The molecule has 29 heavy (non-hydrogen) atoms. The van der Waals surface area contributed by atoms with Crippen molar-refractivity contribution in [2.75, 3.05) is 24.6 Å². The topological polar surface area (TPSA) is 60.9 Å². The Labute approximate surface area is 173 Å². The molecule has 0 spiro atoms. The highest BCUT2D eigenvalue weighted by molar-refractivity contribution is 6.47. The average Bonchev–Trinajstić information content (AvgIpc) is 2.99. The van der Waals surface area contributed by atoms with E-state index >= 15 is 0 Å². The van der Waals surface area contributed by atoms with Gasteiger partial charge in [0.1, 0.15) is 11.5 Å². The molecule has 0 bridgehead atoms. The summed E-state index contributed by atoms with van der Waals surface area (Å²) >= 11 is 6.27. The van der Waals surface area contributed by atoms with E-state index in [1.807, 2.05) is 4.90 Å². The predicted octanol–water partition coefficient (Wildman–Crippen LogP) is 3.47. The lowest BCUT2D eigenvalue weighted by molar-refractivity contribution is -0.120. The zero-order valence-electron chi connectivity index (χ0n) is 15.6. The number of carbonyl (C=O) groups is 2. The van der Waals surface area contributed by atoms with Crippen molar-refractivity contribution in [3.05, 3.63) is 70.6 Å². The standard InChI is InChI=1S/C22H20ClFN2O3/c23-17-5-1-2-6-18(17)26-21(28)19(15-7-9-16(24)10-8-15)20(22(26)29)25-11-3-4-14(12-25)13-27/h1-2,5-10,14,27H,3-4,11-13H2. The number of halogens is 2. The third kappa shape index (κ3) is 3.54. The summed E-state index contributed by atoms with van der Waals surface area (Å²) in [6.45, 7) is 1.10. The second-order valence-corrected chi connectivity index (χ2v) is 7.67. The number of aliphatic hydroxyl groups excluding tert-OH is 1. The lowest BCUT2D eigenvalue weighted by atomic mass is 9.97. The van der Waals surface area contributed by atoms with Gasteiger partial charge in [-0.3, -0.25) is 9.59 Å². The van der Waals surface area contributed by atoms with Crippen molar-refractivity contribution in [2.24, 2.45) is 5.92 Å². The number of para-hydroxylation sites is 1. The zero-order chi connectivity index (χ0) is 20.5. The summed E-state index contributed by atoms with van der Waals surface area (Å²) in [4.78, 5) is 29.7. The number of carbonyl (C=O) groups excluding carboxylic acids is 2. The molecule has 2 heterocycles. The summed E-state index contributed by atoms with van der Waals surface area (Å²) in [7, 11) is 0. The summed E-state index contributed by atoms with van der Waals surface area (Å²) in [5.41, 5.74) is 1.29. The van der Waals surface area contributed by atoms with Gasteiger partial charge in [0, 0.05) is 19.7 Å². The smallest absolute Gasteiger partial charge is 0.282 e. The van der Waals surface area contributed by atoms with Gasteiger partial charge in [0.25, 0.3) is 11.8 Å². The molecule has 4 rings (SSSR count). The Morgan fingerprint density at radius 1 is 1.07 bits per heavy atom. The van der Waals surface area contributed by atoms with E-state index in [9.17, 15) is 19.1 Å². The van der Waals surface area contributed by atoms with E-state index < -0.39 is 17.6 Å². The maximum absolute atomic E-state index is 13.5. The normalized spacial score (nSPS) is 20.0. The van der Waals surface area contributed by atoms with Crippen LogP contribution in [0, 0.1) is 11.7 Å². The Hall–Kier alpha value is -2.70. The third-order valence-corrected chi connectivity index (χ3v) is 5.70. The molecule has 1 fully saturated rings. The fourth-order valence-corrected chi connectivity index (χ4v) is 4.18. The molecule has 1 saturated heterocycles. The first-order valence-corrected chi connectivity index (χ1v) is 9.88. The SMILES string of the molecule is O=C1C(c2ccc(F)cc2)=C(N2CCCC(CO)C2)C(=O)N1c1ccccc1Cl. The Bertz CT molecular complexity index is 990. The first-order chi connectivity index (χ1) is 14.0. The van der Waals surface area contributed by atoms with Crippen LogP contribution in [0.3, 0.4) is 0 Å². The van der Waals surface area contributed by atoms with Crippen molar-refractivity contribution >= 4 is 34.7 Å². The Morgan fingerprint density at radius 2 is 1.79 bits per heavy atom. The van der Waals surface area contributed by atoms with Crippen LogP contribution in [-0.2, 0) is 9.59 Å². The van der Waals surface area contributed by atoms with Gasteiger partial charge in [-0.05, 0) is 48.6 Å². The van der Waals surface area contributed by atoms with Gasteiger partial charge in [0.15, 0.2) is 0 Å². The molecule has 0 aromatic heterocycles. The van der Waals surface area contributed by atoms with Crippen LogP contribution in [0.1, 0.15) is 18.4 Å². The number of benzene rings is 2. The number of likely N-dealkylation sites (tertiary alicyclic amines) is 1. The molecule has 5 nitrogen and oxygen atoms in total. The molecule has 150 valence electrons. The lowest BCUT2D eigenvalue weighted by Crippen LogP contribution is -2.40. The number of hydrogen-bond donors (Lipinski definition) is 1. The number of aliphatic hydroxyl groups is 1. The molecule has 0 aliphatic carbocycles. The van der Waals surface area contributed by atoms with Gasteiger partial charge in [-0.1, -0.05) is 35.9 Å². The summed E-state index contributed by atoms with van der Waals surface area (Å²) in [6.07, 6.45) is 1.67. The van der Waals surface area contributed by atoms with Crippen LogP contribution >= 0.6 is 11.6 Å². The predicted molar refractivity (Wildman–Crippen MR) is 109 cm³/mol. The Balaban J connectivity index is 1.83. The minimum absolute atomic E-state index is 0.0199. The number of rotatable bonds is 4. The maximum atomic E-state index is 13.5.